The first-order chi connectivity index (χ1) is 14.7. The Bertz CT molecular complexity index is 1210. The molecule has 0 bridgehead atoms. The first kappa shape index (κ1) is 22.8. The minimum atomic E-state index is -0.522. The molecule has 0 atom stereocenters. The van der Waals surface area contributed by atoms with E-state index in [0.717, 1.165) is 20.5 Å². The summed E-state index contributed by atoms with van der Waals surface area (Å²) in [5.41, 5.74) is 6.00. The van der Waals surface area contributed by atoms with Crippen molar-refractivity contribution in [1.29, 1.82) is 0 Å². The Morgan fingerprint density at radius 3 is 2.65 bits per heavy atom. The van der Waals surface area contributed by atoms with Gasteiger partial charge in [-0.05, 0) is 72.8 Å². The number of aryl methyl sites for hydroxylation is 1. The van der Waals surface area contributed by atoms with E-state index in [4.69, 9.17) is 16.3 Å². The molecule has 1 aromatic heterocycles. The molecule has 3 rings (SSSR count). The molecule has 160 valence electrons. The number of nitrogens with one attached hydrogen (secondary N) is 1. The van der Waals surface area contributed by atoms with Gasteiger partial charge < -0.3 is 9.30 Å². The third-order valence-corrected chi connectivity index (χ3v) is 5.83. The number of aromatic nitrogens is 1. The van der Waals surface area contributed by atoms with E-state index < -0.39 is 4.92 Å². The molecule has 1 N–H and O–H groups in total. The topological polar surface area (TPSA) is 98.8 Å². The molecule has 0 radical (unpaired) electrons. The molecular formula is C21H18ClIN4O4. The maximum Gasteiger partial charge on any atom is 0.288 e. The molecule has 1 heterocycles. The van der Waals surface area contributed by atoms with Gasteiger partial charge in [-0.2, -0.15) is 5.10 Å². The Morgan fingerprint density at radius 2 is 2.00 bits per heavy atom. The maximum atomic E-state index is 12.4. The Kier molecular flexibility index (Phi) is 6.96. The molecule has 3 aromatic rings. The lowest BCUT2D eigenvalue weighted by molar-refractivity contribution is -0.384. The largest absolute Gasteiger partial charge is 0.496 e. The number of carbonyl (C=O) groups excluding carboxylic acids is 1. The summed E-state index contributed by atoms with van der Waals surface area (Å²) in [4.78, 5) is 22.8. The summed E-state index contributed by atoms with van der Waals surface area (Å²) in [6, 6.07) is 11.6. The van der Waals surface area contributed by atoms with Crippen molar-refractivity contribution in [3.63, 3.8) is 0 Å². The standard InChI is InChI=1S/C21H18ClIN4O4/c1-12-8-15(11-24-25-21(28)14-4-6-18(23)20(9-14)31-3)13(2)26(12)16-5-7-19(27(29)30)17(22)10-16/h4-11H,1-3H3,(H,25,28)/b24-11-. The van der Waals surface area contributed by atoms with Crippen LogP contribution in [0, 0.1) is 27.5 Å². The van der Waals surface area contributed by atoms with Crippen molar-refractivity contribution < 1.29 is 14.5 Å². The van der Waals surface area contributed by atoms with Crippen molar-refractivity contribution in [2.45, 2.75) is 13.8 Å². The number of benzene rings is 2. The molecule has 10 heteroatoms. The first-order valence-electron chi connectivity index (χ1n) is 9.03. The van der Waals surface area contributed by atoms with Crippen LogP contribution in [0.1, 0.15) is 27.3 Å². The van der Waals surface area contributed by atoms with E-state index in [1.54, 1.807) is 43.7 Å². The second kappa shape index (κ2) is 9.48. The number of rotatable bonds is 6. The van der Waals surface area contributed by atoms with Gasteiger partial charge in [0.15, 0.2) is 0 Å². The van der Waals surface area contributed by atoms with Crippen molar-refractivity contribution >= 4 is 52.0 Å². The Labute approximate surface area is 197 Å². The highest BCUT2D eigenvalue weighted by atomic mass is 127. The van der Waals surface area contributed by atoms with Crippen molar-refractivity contribution in [3.8, 4) is 11.4 Å². The monoisotopic (exact) mass is 552 g/mol. The van der Waals surface area contributed by atoms with Gasteiger partial charge in [0, 0.05) is 34.3 Å². The van der Waals surface area contributed by atoms with E-state index in [0.29, 0.717) is 17.0 Å². The van der Waals surface area contributed by atoms with Gasteiger partial charge in [0.25, 0.3) is 11.6 Å². The quantitative estimate of drug-likeness (QED) is 0.201. The number of methoxy groups -OCH3 is 1. The van der Waals surface area contributed by atoms with Gasteiger partial charge >= 0.3 is 0 Å². The van der Waals surface area contributed by atoms with Gasteiger partial charge in [-0.15, -0.1) is 0 Å². The number of hydrazone groups is 1. The van der Waals surface area contributed by atoms with Crippen LogP contribution in [0.25, 0.3) is 5.69 Å². The second-order valence-corrected chi connectivity index (χ2v) is 8.17. The lowest BCUT2D eigenvalue weighted by atomic mass is 10.2. The normalized spacial score (nSPS) is 11.0. The van der Waals surface area contributed by atoms with Crippen LogP contribution in [0.2, 0.25) is 5.02 Å². The van der Waals surface area contributed by atoms with E-state index in [1.165, 1.54) is 6.07 Å². The van der Waals surface area contributed by atoms with E-state index in [1.807, 2.05) is 24.5 Å². The average molecular weight is 553 g/mol. The summed E-state index contributed by atoms with van der Waals surface area (Å²) < 4.78 is 8.04. The summed E-state index contributed by atoms with van der Waals surface area (Å²) >= 11 is 8.18. The van der Waals surface area contributed by atoms with Crippen LogP contribution in [0.3, 0.4) is 0 Å². The zero-order valence-electron chi connectivity index (χ0n) is 16.8. The van der Waals surface area contributed by atoms with E-state index in [9.17, 15) is 14.9 Å². The molecule has 1 amide bonds. The molecule has 0 aliphatic rings. The molecule has 0 fully saturated rings. The maximum absolute atomic E-state index is 12.4. The molecule has 0 aliphatic carbocycles. The second-order valence-electron chi connectivity index (χ2n) is 6.60. The van der Waals surface area contributed by atoms with Crippen LogP contribution >= 0.6 is 34.2 Å². The predicted octanol–water partition coefficient (Wildman–Crippen LogP) is 5.03. The molecule has 0 spiro atoms. The Balaban J connectivity index is 1.81. The molecule has 0 aliphatic heterocycles. The summed E-state index contributed by atoms with van der Waals surface area (Å²) in [6.07, 6.45) is 1.55. The Morgan fingerprint density at radius 1 is 1.26 bits per heavy atom. The first-order valence-corrected chi connectivity index (χ1v) is 10.5. The van der Waals surface area contributed by atoms with Gasteiger partial charge in [-0.1, -0.05) is 11.6 Å². The smallest absolute Gasteiger partial charge is 0.288 e. The van der Waals surface area contributed by atoms with E-state index in [2.05, 4.69) is 33.1 Å². The summed E-state index contributed by atoms with van der Waals surface area (Å²) in [6.45, 7) is 3.78. The highest BCUT2D eigenvalue weighted by Crippen LogP contribution is 2.29. The highest BCUT2D eigenvalue weighted by molar-refractivity contribution is 14.1. The summed E-state index contributed by atoms with van der Waals surface area (Å²) in [7, 11) is 1.55. The van der Waals surface area contributed by atoms with Gasteiger partial charge in [0.05, 0.1) is 21.8 Å². The van der Waals surface area contributed by atoms with Crippen LogP contribution in [0.15, 0.2) is 47.6 Å². The fourth-order valence-electron chi connectivity index (χ4n) is 3.12. The van der Waals surface area contributed by atoms with Crippen molar-refractivity contribution in [2.24, 2.45) is 5.10 Å². The number of carbonyl (C=O) groups is 1. The van der Waals surface area contributed by atoms with E-state index in [-0.39, 0.29) is 16.6 Å². The SMILES string of the molecule is COc1cc(C(=O)N/N=C\c2cc(C)n(-c3ccc([N+](=O)[O-])c(Cl)c3)c2C)ccc1I. The van der Waals surface area contributed by atoms with Crippen LogP contribution in [-0.4, -0.2) is 28.7 Å². The molecule has 2 aromatic carbocycles. The lowest BCUT2D eigenvalue weighted by Crippen LogP contribution is -2.17. The van der Waals surface area contributed by atoms with Crippen LogP contribution in [-0.2, 0) is 0 Å². The molecule has 0 saturated heterocycles. The molecule has 0 unspecified atom stereocenters. The zero-order chi connectivity index (χ0) is 22.7. The number of amides is 1. The van der Waals surface area contributed by atoms with Crippen molar-refractivity contribution in [3.05, 3.63) is 83.7 Å². The number of nitrogens with zero attached hydrogens (tertiary/aromatic N) is 3. The average Bonchev–Trinajstić information content (AvgIpc) is 3.01. The summed E-state index contributed by atoms with van der Waals surface area (Å²) in [5, 5.41) is 15.1. The molecule has 8 nitrogen and oxygen atoms in total. The number of ether oxygens (including phenoxy) is 1. The predicted molar refractivity (Wildman–Crippen MR) is 128 cm³/mol. The van der Waals surface area contributed by atoms with Crippen molar-refractivity contribution in [1.82, 2.24) is 9.99 Å². The number of hydrogen-bond acceptors (Lipinski definition) is 5. The number of nitro groups is 1. The van der Waals surface area contributed by atoms with Gasteiger partial charge in [0.1, 0.15) is 10.8 Å². The zero-order valence-corrected chi connectivity index (χ0v) is 19.8. The lowest BCUT2D eigenvalue weighted by Gasteiger charge is -2.10. The van der Waals surface area contributed by atoms with Gasteiger partial charge in [0.2, 0.25) is 0 Å². The Hall–Kier alpha value is -2.92. The highest BCUT2D eigenvalue weighted by Gasteiger charge is 2.16. The number of hydrogen-bond donors (Lipinski definition) is 1. The van der Waals surface area contributed by atoms with Crippen LogP contribution < -0.4 is 10.2 Å². The fraction of sp³-hybridized carbons (Fsp3) is 0.143. The van der Waals surface area contributed by atoms with Crippen LogP contribution in [0.4, 0.5) is 5.69 Å². The van der Waals surface area contributed by atoms with Gasteiger partial charge in [-0.25, -0.2) is 5.43 Å². The third-order valence-electron chi connectivity index (χ3n) is 4.64. The molecule has 0 saturated carbocycles. The van der Waals surface area contributed by atoms with Gasteiger partial charge in [-0.3, -0.25) is 14.9 Å². The van der Waals surface area contributed by atoms with E-state index >= 15 is 0 Å². The van der Waals surface area contributed by atoms with Crippen LogP contribution in [0.5, 0.6) is 5.75 Å². The molecule has 31 heavy (non-hydrogen) atoms. The molecular weight excluding hydrogens is 535 g/mol. The summed E-state index contributed by atoms with van der Waals surface area (Å²) in [5.74, 6) is 0.254. The van der Waals surface area contributed by atoms with Crippen molar-refractivity contribution in [2.75, 3.05) is 7.11 Å². The third kappa shape index (κ3) is 4.88. The number of halogens is 2. The minimum absolute atomic E-state index is 0.0606. The minimum Gasteiger partial charge on any atom is -0.496 e. The number of nitro benzene ring substituents is 1. The fourth-order valence-corrected chi connectivity index (χ4v) is 3.92.